The van der Waals surface area contributed by atoms with Crippen LogP contribution in [0.3, 0.4) is 0 Å². The first-order chi connectivity index (χ1) is 15.0. The third-order valence-corrected chi connectivity index (χ3v) is 5.84. The summed E-state index contributed by atoms with van der Waals surface area (Å²) >= 11 is 0. The van der Waals surface area contributed by atoms with Crippen molar-refractivity contribution in [3.8, 4) is 5.75 Å². The average Bonchev–Trinajstić information content (AvgIpc) is 2.97. The molecule has 3 atom stereocenters. The quantitative estimate of drug-likeness (QED) is 0.604. The minimum atomic E-state index is -3.15. The van der Waals surface area contributed by atoms with Gasteiger partial charge in [-0.1, -0.05) is 19.9 Å². The fourth-order valence-electron chi connectivity index (χ4n) is 3.89. The number of carbonyl (C=O) groups excluding carboxylic acids is 2. The highest BCUT2D eigenvalue weighted by molar-refractivity contribution is 5.98. The number of carbonyl (C=O) groups is 2. The number of benzene rings is 1. The van der Waals surface area contributed by atoms with Crippen LogP contribution >= 0.6 is 0 Å². The zero-order chi connectivity index (χ0) is 23.6. The lowest BCUT2D eigenvalue weighted by Gasteiger charge is -2.26. The molecular weight excluding hydrogens is 425 g/mol. The van der Waals surface area contributed by atoms with Crippen LogP contribution in [0.25, 0.3) is 0 Å². The summed E-state index contributed by atoms with van der Waals surface area (Å²) in [5, 5.41) is 2.71. The lowest BCUT2D eigenvalue weighted by atomic mass is 9.78. The zero-order valence-corrected chi connectivity index (χ0v) is 18.2. The van der Waals surface area contributed by atoms with E-state index in [1.807, 2.05) is 6.92 Å². The number of ether oxygens (including phenoxy) is 2. The van der Waals surface area contributed by atoms with Crippen LogP contribution in [-0.2, 0) is 9.53 Å². The highest BCUT2D eigenvalue weighted by atomic mass is 19.3. The van der Waals surface area contributed by atoms with Gasteiger partial charge >= 0.3 is 6.61 Å². The Balaban J connectivity index is 1.95. The standard InChI is InChI=1S/C23H25F3N2O4/c1-5-17(29)16-11-14(8-9-27-16)28-21(30)20-19(12(2)23(3,4)32-20)15-7-6-13(24)10-18(15)31-22(25)26/h6-12,19-20,22H,5H2,1-4H3,(H,27,28,30)/t12-,19-,20+/m1/s1. The number of Topliss-reactive ketones (excluding diaryl/α,β-unsaturated/α-hetero) is 1. The van der Waals surface area contributed by atoms with Crippen LogP contribution in [0.2, 0.25) is 0 Å². The van der Waals surface area contributed by atoms with Gasteiger partial charge in [-0.2, -0.15) is 8.78 Å². The largest absolute Gasteiger partial charge is 0.434 e. The molecule has 1 aromatic heterocycles. The summed E-state index contributed by atoms with van der Waals surface area (Å²) in [7, 11) is 0. The van der Waals surface area contributed by atoms with Crippen molar-refractivity contribution >= 4 is 17.4 Å². The molecule has 0 unspecified atom stereocenters. The van der Waals surface area contributed by atoms with E-state index >= 15 is 0 Å². The topological polar surface area (TPSA) is 77.5 Å². The number of aromatic nitrogens is 1. The number of hydrogen-bond acceptors (Lipinski definition) is 5. The first-order valence-corrected chi connectivity index (χ1v) is 10.3. The molecule has 1 aliphatic rings. The van der Waals surface area contributed by atoms with Gasteiger partial charge in [-0.15, -0.1) is 0 Å². The minimum Gasteiger partial charge on any atom is -0.434 e. The average molecular weight is 450 g/mol. The molecule has 0 spiro atoms. The van der Waals surface area contributed by atoms with Crippen molar-refractivity contribution in [2.45, 2.75) is 58.4 Å². The molecule has 0 saturated carbocycles. The van der Waals surface area contributed by atoms with Gasteiger partial charge in [-0.3, -0.25) is 14.6 Å². The van der Waals surface area contributed by atoms with Crippen molar-refractivity contribution in [3.63, 3.8) is 0 Å². The molecule has 2 heterocycles. The van der Waals surface area contributed by atoms with E-state index in [2.05, 4.69) is 15.0 Å². The van der Waals surface area contributed by atoms with Crippen LogP contribution in [0, 0.1) is 11.7 Å². The molecule has 1 fully saturated rings. The molecule has 172 valence electrons. The lowest BCUT2D eigenvalue weighted by Crippen LogP contribution is -2.33. The molecule has 0 aliphatic carbocycles. The number of ketones is 1. The van der Waals surface area contributed by atoms with E-state index in [1.165, 1.54) is 24.4 Å². The molecular formula is C23H25F3N2O4. The van der Waals surface area contributed by atoms with Crippen LogP contribution in [0.4, 0.5) is 18.9 Å². The van der Waals surface area contributed by atoms with Crippen LogP contribution < -0.4 is 10.1 Å². The molecule has 1 amide bonds. The van der Waals surface area contributed by atoms with Crippen LogP contribution in [0.15, 0.2) is 36.5 Å². The number of hydrogen-bond donors (Lipinski definition) is 1. The van der Waals surface area contributed by atoms with Crippen molar-refractivity contribution in [1.82, 2.24) is 4.98 Å². The van der Waals surface area contributed by atoms with Gasteiger partial charge in [0.05, 0.1) is 5.60 Å². The number of pyridine rings is 1. The molecule has 6 nitrogen and oxygen atoms in total. The van der Waals surface area contributed by atoms with Gasteiger partial charge in [0.2, 0.25) is 0 Å². The Bertz CT molecular complexity index is 1010. The van der Waals surface area contributed by atoms with E-state index in [-0.39, 0.29) is 35.1 Å². The van der Waals surface area contributed by atoms with Gasteiger partial charge in [-0.05, 0) is 38.0 Å². The normalized spacial score (nSPS) is 22.1. The SMILES string of the molecule is CCC(=O)c1cc(NC(=O)[C@H]2OC(C)(C)[C@H](C)[C@@H]2c2ccc(F)cc2OC(F)F)ccn1. The number of rotatable bonds is 7. The minimum absolute atomic E-state index is 0.175. The molecule has 0 bridgehead atoms. The third kappa shape index (κ3) is 4.93. The van der Waals surface area contributed by atoms with Crippen molar-refractivity contribution in [2.75, 3.05) is 5.32 Å². The number of halogens is 3. The Morgan fingerprint density at radius 3 is 2.62 bits per heavy atom. The molecule has 9 heteroatoms. The van der Waals surface area contributed by atoms with E-state index in [0.29, 0.717) is 5.69 Å². The van der Waals surface area contributed by atoms with Crippen LogP contribution in [-0.4, -0.2) is 35.0 Å². The summed E-state index contributed by atoms with van der Waals surface area (Å²) in [6.45, 7) is 3.97. The van der Waals surface area contributed by atoms with Crippen molar-refractivity contribution < 1.29 is 32.2 Å². The van der Waals surface area contributed by atoms with Gasteiger partial charge in [0.15, 0.2) is 5.78 Å². The van der Waals surface area contributed by atoms with E-state index in [9.17, 15) is 22.8 Å². The summed E-state index contributed by atoms with van der Waals surface area (Å²) in [6, 6.07) is 6.34. The summed E-state index contributed by atoms with van der Waals surface area (Å²) in [4.78, 5) is 29.1. The van der Waals surface area contributed by atoms with E-state index in [0.717, 1.165) is 12.1 Å². The summed E-state index contributed by atoms with van der Waals surface area (Å²) < 4.78 is 50.2. The van der Waals surface area contributed by atoms with E-state index < -0.39 is 36.0 Å². The molecule has 1 aliphatic heterocycles. The number of anilines is 1. The fraction of sp³-hybridized carbons (Fsp3) is 0.435. The predicted octanol–water partition coefficient (Wildman–Crippen LogP) is 4.95. The van der Waals surface area contributed by atoms with Gasteiger partial charge in [0.25, 0.3) is 5.91 Å². The number of alkyl halides is 2. The molecule has 1 saturated heterocycles. The summed E-state index contributed by atoms with van der Waals surface area (Å²) in [6.07, 6.45) is 0.609. The number of amides is 1. The zero-order valence-electron chi connectivity index (χ0n) is 18.2. The molecule has 1 aromatic carbocycles. The van der Waals surface area contributed by atoms with Crippen LogP contribution in [0.5, 0.6) is 5.75 Å². The van der Waals surface area contributed by atoms with Crippen molar-refractivity contribution in [1.29, 1.82) is 0 Å². The monoisotopic (exact) mass is 450 g/mol. The molecule has 2 aromatic rings. The second kappa shape index (κ2) is 9.28. The van der Waals surface area contributed by atoms with E-state index in [4.69, 9.17) is 4.74 Å². The van der Waals surface area contributed by atoms with Crippen LogP contribution in [0.1, 0.15) is 56.1 Å². The molecule has 1 N–H and O–H groups in total. The Hall–Kier alpha value is -2.94. The van der Waals surface area contributed by atoms with E-state index in [1.54, 1.807) is 20.8 Å². The summed E-state index contributed by atoms with van der Waals surface area (Å²) in [5.74, 6) is -2.75. The third-order valence-electron chi connectivity index (χ3n) is 5.84. The predicted molar refractivity (Wildman–Crippen MR) is 111 cm³/mol. The second-order valence-corrected chi connectivity index (χ2v) is 8.21. The molecule has 0 radical (unpaired) electrons. The summed E-state index contributed by atoms with van der Waals surface area (Å²) in [5.41, 5.74) is 0.0466. The van der Waals surface area contributed by atoms with Gasteiger partial charge < -0.3 is 14.8 Å². The van der Waals surface area contributed by atoms with Crippen molar-refractivity contribution in [2.24, 2.45) is 5.92 Å². The second-order valence-electron chi connectivity index (χ2n) is 8.21. The molecule has 3 rings (SSSR count). The smallest absolute Gasteiger partial charge is 0.387 e. The lowest BCUT2D eigenvalue weighted by molar-refractivity contribution is -0.131. The Kier molecular flexibility index (Phi) is 6.88. The van der Waals surface area contributed by atoms with Crippen molar-refractivity contribution in [3.05, 3.63) is 53.6 Å². The Morgan fingerprint density at radius 1 is 1.25 bits per heavy atom. The number of nitrogens with one attached hydrogen (secondary N) is 1. The van der Waals surface area contributed by atoms with Gasteiger partial charge in [0, 0.05) is 35.9 Å². The maximum Gasteiger partial charge on any atom is 0.387 e. The Labute approximate surface area is 184 Å². The first kappa shape index (κ1) is 23.7. The van der Waals surface area contributed by atoms with Gasteiger partial charge in [-0.25, -0.2) is 4.39 Å². The van der Waals surface area contributed by atoms with Gasteiger partial charge in [0.1, 0.15) is 23.4 Å². The fourth-order valence-corrected chi connectivity index (χ4v) is 3.89. The Morgan fingerprint density at radius 2 is 1.97 bits per heavy atom. The maximum absolute atomic E-state index is 13.7. The number of nitrogens with zero attached hydrogens (tertiary/aromatic N) is 1. The first-order valence-electron chi connectivity index (χ1n) is 10.3. The maximum atomic E-state index is 13.7. The highest BCUT2D eigenvalue weighted by Gasteiger charge is 2.51. The highest BCUT2D eigenvalue weighted by Crippen LogP contribution is 2.48. The molecule has 32 heavy (non-hydrogen) atoms.